The van der Waals surface area contributed by atoms with Crippen molar-refractivity contribution in [3.05, 3.63) is 41.9 Å². The summed E-state index contributed by atoms with van der Waals surface area (Å²) >= 11 is 0. The molecule has 6 fully saturated rings. The summed E-state index contributed by atoms with van der Waals surface area (Å²) in [4.78, 5) is 36.2. The Labute approximate surface area is 317 Å². The first kappa shape index (κ1) is 38.8. The van der Waals surface area contributed by atoms with E-state index in [1.165, 1.54) is 11.1 Å². The Bertz CT molecular complexity index is 1970. The van der Waals surface area contributed by atoms with Gasteiger partial charge in [-0.05, 0) is 93.6 Å². The molecule has 5 atom stereocenters. The van der Waals surface area contributed by atoms with Gasteiger partial charge in [0.05, 0.1) is 17.6 Å². The highest BCUT2D eigenvalue weighted by molar-refractivity contribution is 6.00. The van der Waals surface area contributed by atoms with Crippen LogP contribution in [0, 0.1) is 23.7 Å². The van der Waals surface area contributed by atoms with Crippen LogP contribution in [0.1, 0.15) is 99.1 Å². The Morgan fingerprint density at radius 1 is 0.911 bits per heavy atom. The number of fused-ring (bicyclic) bond motifs is 2. The zero-order valence-electron chi connectivity index (χ0n) is 30.4. The lowest BCUT2D eigenvalue weighted by molar-refractivity contribution is -0.154. The lowest BCUT2D eigenvalue weighted by Crippen LogP contribution is -2.66. The number of aliphatic carboxylic acids is 1. The van der Waals surface area contributed by atoms with E-state index in [1.807, 2.05) is 0 Å². The van der Waals surface area contributed by atoms with Gasteiger partial charge in [-0.25, -0.2) is 23.5 Å². The molecule has 5 saturated carbocycles. The lowest BCUT2D eigenvalue weighted by Gasteiger charge is -2.50. The van der Waals surface area contributed by atoms with Crippen LogP contribution in [-0.2, 0) is 11.0 Å². The van der Waals surface area contributed by atoms with Gasteiger partial charge in [-0.15, -0.1) is 0 Å². The first-order chi connectivity index (χ1) is 26.4. The van der Waals surface area contributed by atoms with Gasteiger partial charge in [-0.2, -0.15) is 26.3 Å². The Morgan fingerprint density at radius 2 is 1.61 bits per heavy atom. The summed E-state index contributed by atoms with van der Waals surface area (Å²) < 4.78 is 119. The fourth-order valence-corrected chi connectivity index (χ4v) is 10.5. The van der Waals surface area contributed by atoms with E-state index in [-0.39, 0.29) is 37.3 Å². The van der Waals surface area contributed by atoms with Crippen LogP contribution < -0.4 is 10.1 Å². The molecule has 1 aliphatic heterocycles. The zero-order valence-corrected chi connectivity index (χ0v) is 30.4. The SMILES string of the molecule is O=C(NC1(C(=O)O)C2CCC3CC(C2)CC1C3)c1cnc(-c2cn(C3CCC(F)(F)CC3)c3cc(OC4CCN(CC(F)(F)F)CC4)ccc23)nc1C(F)(F)F. The number of piperidine rings is 1. The molecule has 1 aromatic carbocycles. The normalized spacial score (nSPS) is 28.7. The van der Waals surface area contributed by atoms with Crippen LogP contribution in [0.15, 0.2) is 30.6 Å². The molecule has 6 aliphatic rings. The molecule has 1 amide bonds. The van der Waals surface area contributed by atoms with Gasteiger partial charge in [0, 0.05) is 61.4 Å². The number of nitrogens with one attached hydrogen (secondary N) is 1. The van der Waals surface area contributed by atoms with Gasteiger partial charge >= 0.3 is 18.3 Å². The van der Waals surface area contributed by atoms with E-state index in [9.17, 15) is 49.8 Å². The number of likely N-dealkylation sites (tertiary alicyclic amines) is 1. The molecule has 2 aromatic heterocycles. The number of benzene rings is 1. The molecule has 5 aliphatic carbocycles. The monoisotopic (exact) mass is 797 g/mol. The lowest BCUT2D eigenvalue weighted by atomic mass is 9.58. The molecule has 2 N–H and O–H groups in total. The van der Waals surface area contributed by atoms with Crippen molar-refractivity contribution < 1.29 is 54.6 Å². The molecule has 3 heterocycles. The number of nitrogens with zero attached hydrogens (tertiary/aromatic N) is 4. The number of rotatable bonds is 8. The third kappa shape index (κ3) is 7.44. The highest BCUT2D eigenvalue weighted by atomic mass is 19.4. The fourth-order valence-electron chi connectivity index (χ4n) is 10.5. The predicted molar refractivity (Wildman–Crippen MR) is 186 cm³/mol. The zero-order chi connectivity index (χ0) is 39.8. The highest BCUT2D eigenvalue weighted by Crippen LogP contribution is 2.56. The van der Waals surface area contributed by atoms with E-state index >= 15 is 0 Å². The summed E-state index contributed by atoms with van der Waals surface area (Å²) in [5.41, 5.74) is -3.53. The topological polar surface area (TPSA) is 110 Å². The number of ether oxygens (including phenoxy) is 1. The van der Waals surface area contributed by atoms with E-state index in [1.54, 1.807) is 22.8 Å². The Balaban J connectivity index is 1.12. The van der Waals surface area contributed by atoms with E-state index in [2.05, 4.69) is 15.3 Å². The maximum absolute atomic E-state index is 14.8. The molecule has 9 rings (SSSR count). The molecule has 1 saturated heterocycles. The second kappa shape index (κ2) is 14.1. The minimum Gasteiger partial charge on any atom is -0.490 e. The molecule has 304 valence electrons. The number of carbonyl (C=O) groups excluding carboxylic acids is 1. The van der Waals surface area contributed by atoms with Crippen molar-refractivity contribution in [3.63, 3.8) is 0 Å². The molecule has 9 nitrogen and oxygen atoms in total. The maximum Gasteiger partial charge on any atom is 0.434 e. The molecular formula is C39H43F8N5O4. The second-order valence-electron chi connectivity index (χ2n) is 16.7. The first-order valence-electron chi connectivity index (χ1n) is 19.4. The van der Waals surface area contributed by atoms with Crippen molar-refractivity contribution in [2.45, 2.75) is 113 Å². The van der Waals surface area contributed by atoms with Crippen LogP contribution in [0.2, 0.25) is 0 Å². The van der Waals surface area contributed by atoms with Crippen molar-refractivity contribution >= 4 is 22.8 Å². The number of carboxylic acid groups (broad SMARTS) is 1. The van der Waals surface area contributed by atoms with Crippen LogP contribution in [0.4, 0.5) is 35.1 Å². The summed E-state index contributed by atoms with van der Waals surface area (Å²) in [5, 5.41) is 13.6. The molecule has 4 bridgehead atoms. The summed E-state index contributed by atoms with van der Waals surface area (Å²) in [5.74, 6) is -5.53. The van der Waals surface area contributed by atoms with Crippen LogP contribution in [0.5, 0.6) is 5.75 Å². The third-order valence-electron chi connectivity index (χ3n) is 13.1. The number of carbonyl (C=O) groups is 2. The average Bonchev–Trinajstić information content (AvgIpc) is 3.37. The third-order valence-corrected chi connectivity index (χ3v) is 13.1. The summed E-state index contributed by atoms with van der Waals surface area (Å²) in [7, 11) is 0. The number of hydrogen-bond acceptors (Lipinski definition) is 6. The molecule has 17 heteroatoms. The number of carboxylic acids is 1. The van der Waals surface area contributed by atoms with Crippen molar-refractivity contribution in [2.24, 2.45) is 23.7 Å². The predicted octanol–water partition coefficient (Wildman–Crippen LogP) is 8.67. The molecule has 5 unspecified atom stereocenters. The number of amides is 1. The highest BCUT2D eigenvalue weighted by Gasteiger charge is 2.60. The van der Waals surface area contributed by atoms with E-state index in [0.29, 0.717) is 67.0 Å². The first-order valence-corrected chi connectivity index (χ1v) is 19.4. The van der Waals surface area contributed by atoms with Crippen molar-refractivity contribution in [1.29, 1.82) is 0 Å². The summed E-state index contributed by atoms with van der Waals surface area (Å²) in [6.07, 6.45) is -3.39. The molecule has 0 radical (unpaired) electrons. The van der Waals surface area contributed by atoms with Crippen LogP contribution in [0.3, 0.4) is 0 Å². The van der Waals surface area contributed by atoms with Crippen molar-refractivity contribution in [3.8, 4) is 17.1 Å². The standard InChI is InChI=1S/C39H43F8N5O4/c40-36(41)9-5-25(6-10-36)52-19-30(28-4-3-27(17-31(28)52)56-26-7-11-51(12-8-26)20-37(42,43)44)33-48-18-29(32(49-33)39(45,46)47)34(53)50-38(35(54)55)23-2-1-21-13-22(15-23)16-24(38)14-21/h3-4,17-19,21-26H,1-2,5-16,20H2,(H,50,53)(H,54,55). The van der Waals surface area contributed by atoms with Gasteiger partial charge in [0.1, 0.15) is 17.4 Å². The van der Waals surface area contributed by atoms with Crippen LogP contribution in [-0.4, -0.2) is 79.8 Å². The van der Waals surface area contributed by atoms with Gasteiger partial charge in [-0.3, -0.25) is 9.69 Å². The smallest absolute Gasteiger partial charge is 0.434 e. The Morgan fingerprint density at radius 3 is 2.29 bits per heavy atom. The fraction of sp³-hybridized carbons (Fsp3) is 0.641. The van der Waals surface area contributed by atoms with Gasteiger partial charge in [0.25, 0.3) is 5.91 Å². The van der Waals surface area contributed by atoms with E-state index in [4.69, 9.17) is 4.74 Å². The number of alkyl halides is 8. The van der Waals surface area contributed by atoms with Crippen molar-refractivity contribution in [1.82, 2.24) is 24.8 Å². The van der Waals surface area contributed by atoms with Crippen LogP contribution >= 0.6 is 0 Å². The Kier molecular flexibility index (Phi) is 9.79. The molecule has 56 heavy (non-hydrogen) atoms. The molecular weight excluding hydrogens is 754 g/mol. The van der Waals surface area contributed by atoms with Gasteiger partial charge in [0.2, 0.25) is 5.92 Å². The number of aromatic nitrogens is 3. The molecule has 3 aromatic rings. The minimum atomic E-state index is -5.13. The van der Waals surface area contributed by atoms with E-state index < -0.39 is 90.3 Å². The second-order valence-corrected chi connectivity index (χ2v) is 16.7. The van der Waals surface area contributed by atoms with Crippen molar-refractivity contribution in [2.75, 3.05) is 19.6 Å². The summed E-state index contributed by atoms with van der Waals surface area (Å²) in [6.45, 7) is -0.665. The van der Waals surface area contributed by atoms with Crippen LogP contribution in [0.25, 0.3) is 22.3 Å². The maximum atomic E-state index is 14.8. The van der Waals surface area contributed by atoms with E-state index in [0.717, 1.165) is 19.0 Å². The minimum absolute atomic E-state index is 0.0849. The van der Waals surface area contributed by atoms with Gasteiger partial charge in [0.15, 0.2) is 11.5 Å². The largest absolute Gasteiger partial charge is 0.490 e. The number of hydrogen-bond donors (Lipinski definition) is 2. The number of halogens is 8. The Hall–Kier alpha value is -4.02. The quantitative estimate of drug-likeness (QED) is 0.220. The summed E-state index contributed by atoms with van der Waals surface area (Å²) in [6, 6.07) is 4.37. The van der Waals surface area contributed by atoms with Gasteiger partial charge < -0.3 is 19.7 Å². The average molecular weight is 798 g/mol. The van der Waals surface area contributed by atoms with Gasteiger partial charge in [-0.1, -0.05) is 6.42 Å². The molecule has 0 spiro atoms.